The van der Waals surface area contributed by atoms with Gasteiger partial charge < -0.3 is 25.4 Å². The second-order valence-electron chi connectivity index (χ2n) is 6.86. The summed E-state index contributed by atoms with van der Waals surface area (Å²) in [5.74, 6) is 0.975. The highest BCUT2D eigenvalue weighted by Gasteiger charge is 2.31. The first-order chi connectivity index (χ1) is 14.3. The average molecular weight is 490 g/mol. The van der Waals surface area contributed by atoms with Crippen molar-refractivity contribution in [3.05, 3.63) is 63.3 Å². The molecule has 1 aliphatic heterocycles. The normalized spacial score (nSPS) is 15.9. The number of nitrogens with one attached hydrogen (secondary N) is 3. The zero-order valence-electron chi connectivity index (χ0n) is 17.3. The van der Waals surface area contributed by atoms with E-state index in [2.05, 4.69) is 31.9 Å². The summed E-state index contributed by atoms with van der Waals surface area (Å²) in [5.41, 5.74) is 3.90. The van der Waals surface area contributed by atoms with Crippen LogP contribution in [0, 0.1) is 6.92 Å². The number of ether oxygens (including phenoxy) is 2. The van der Waals surface area contributed by atoms with Crippen molar-refractivity contribution < 1.29 is 14.3 Å². The average Bonchev–Trinajstić information content (AvgIpc) is 2.70. The lowest BCUT2D eigenvalue weighted by molar-refractivity contribution is -0.113. The molecule has 1 amide bonds. The number of rotatable bonds is 6. The highest BCUT2D eigenvalue weighted by molar-refractivity contribution is 9.10. The van der Waals surface area contributed by atoms with Crippen LogP contribution < -0.4 is 25.4 Å². The lowest BCUT2D eigenvalue weighted by Gasteiger charge is -2.31. The van der Waals surface area contributed by atoms with E-state index in [0.717, 1.165) is 21.3 Å². The molecule has 0 unspecified atom stereocenters. The molecule has 8 heteroatoms. The van der Waals surface area contributed by atoms with Gasteiger partial charge in [-0.1, -0.05) is 17.7 Å². The fraction of sp³-hybridized carbons (Fsp3) is 0.273. The number of aryl methyl sites for hydroxylation is 1. The third-order valence-corrected chi connectivity index (χ3v) is 5.51. The Kier molecular flexibility index (Phi) is 6.99. The summed E-state index contributed by atoms with van der Waals surface area (Å²) in [6, 6.07) is 11.0. The Hall–Kier alpha value is -2.58. The highest BCUT2D eigenvalue weighted by Crippen LogP contribution is 2.40. The Balaban J connectivity index is 2.00. The van der Waals surface area contributed by atoms with Gasteiger partial charge in [0.1, 0.15) is 0 Å². The van der Waals surface area contributed by atoms with Crippen LogP contribution in [0.5, 0.6) is 11.5 Å². The van der Waals surface area contributed by atoms with E-state index in [9.17, 15) is 4.79 Å². The molecule has 3 rings (SSSR count). The first-order valence-electron chi connectivity index (χ1n) is 9.50. The van der Waals surface area contributed by atoms with E-state index in [1.165, 1.54) is 0 Å². The van der Waals surface area contributed by atoms with E-state index in [1.54, 1.807) is 7.11 Å². The summed E-state index contributed by atoms with van der Waals surface area (Å²) in [5, 5.41) is 9.68. The van der Waals surface area contributed by atoms with E-state index in [-0.39, 0.29) is 5.91 Å². The predicted molar refractivity (Wildman–Crippen MR) is 126 cm³/mol. The number of carbonyl (C=O) groups excluding carboxylic acids is 1. The summed E-state index contributed by atoms with van der Waals surface area (Å²) in [6.07, 6.45) is 0. The number of allylic oxidation sites excluding steroid dienone is 1. The zero-order valence-corrected chi connectivity index (χ0v) is 19.7. The zero-order chi connectivity index (χ0) is 21.8. The molecule has 158 valence electrons. The third kappa shape index (κ3) is 4.76. The van der Waals surface area contributed by atoms with Crippen LogP contribution >= 0.6 is 28.1 Å². The van der Waals surface area contributed by atoms with Crippen LogP contribution in [0.3, 0.4) is 0 Å². The van der Waals surface area contributed by atoms with Gasteiger partial charge in [-0.2, -0.15) is 0 Å². The maximum atomic E-state index is 13.2. The lowest BCUT2D eigenvalue weighted by atomic mass is 9.94. The molecule has 0 bridgehead atoms. The van der Waals surface area contributed by atoms with Gasteiger partial charge in [-0.3, -0.25) is 4.79 Å². The molecular weight excluding hydrogens is 466 g/mol. The summed E-state index contributed by atoms with van der Waals surface area (Å²) >= 11 is 8.91. The lowest BCUT2D eigenvalue weighted by Crippen LogP contribution is -2.45. The molecule has 0 radical (unpaired) electrons. The van der Waals surface area contributed by atoms with Crippen LogP contribution in [0.25, 0.3) is 0 Å². The molecule has 0 fully saturated rings. The molecule has 0 saturated heterocycles. The van der Waals surface area contributed by atoms with Gasteiger partial charge in [0, 0.05) is 11.4 Å². The summed E-state index contributed by atoms with van der Waals surface area (Å²) in [4.78, 5) is 13.2. The third-order valence-electron chi connectivity index (χ3n) is 4.70. The maximum absolute atomic E-state index is 13.2. The van der Waals surface area contributed by atoms with Crippen molar-refractivity contribution in [2.75, 3.05) is 19.0 Å². The number of hydrogen-bond donors (Lipinski definition) is 3. The number of carbonyl (C=O) groups is 1. The maximum Gasteiger partial charge on any atom is 0.255 e. The van der Waals surface area contributed by atoms with Gasteiger partial charge in [-0.15, -0.1) is 0 Å². The molecule has 30 heavy (non-hydrogen) atoms. The first kappa shape index (κ1) is 22.1. The van der Waals surface area contributed by atoms with Gasteiger partial charge in [0.2, 0.25) is 0 Å². The van der Waals surface area contributed by atoms with Crippen LogP contribution in [0.1, 0.15) is 31.0 Å². The fourth-order valence-corrected chi connectivity index (χ4v) is 4.12. The van der Waals surface area contributed by atoms with E-state index in [4.69, 9.17) is 21.7 Å². The second kappa shape index (κ2) is 9.49. The van der Waals surface area contributed by atoms with Crippen LogP contribution in [-0.2, 0) is 4.79 Å². The summed E-state index contributed by atoms with van der Waals surface area (Å²) in [6.45, 7) is 6.26. The number of benzene rings is 2. The smallest absolute Gasteiger partial charge is 0.255 e. The standard InChI is InChI=1S/C22H24BrN3O3S/c1-5-29-20-16(23)10-14(11-17(20)28-4)19-18(13(3)24-22(30)26-19)21(27)25-15-8-6-12(2)7-9-15/h6-11,19H,5H2,1-4H3,(H,25,27)(H2,24,26,30)/t19-/m1/s1. The van der Waals surface area contributed by atoms with E-state index >= 15 is 0 Å². The van der Waals surface area contributed by atoms with E-state index < -0.39 is 6.04 Å². The number of halogens is 1. The van der Waals surface area contributed by atoms with Gasteiger partial charge in [-0.25, -0.2) is 0 Å². The van der Waals surface area contributed by atoms with E-state index in [1.807, 2.05) is 57.2 Å². The Bertz CT molecular complexity index is 1010. The molecule has 3 N–H and O–H groups in total. The number of hydrogen-bond acceptors (Lipinski definition) is 4. The van der Waals surface area contributed by atoms with Gasteiger partial charge in [-0.05, 0) is 78.7 Å². The second-order valence-corrected chi connectivity index (χ2v) is 8.12. The highest BCUT2D eigenvalue weighted by atomic mass is 79.9. The molecule has 1 heterocycles. The molecule has 2 aromatic carbocycles. The number of methoxy groups -OCH3 is 1. The van der Waals surface area contributed by atoms with Gasteiger partial charge in [0.15, 0.2) is 16.6 Å². The van der Waals surface area contributed by atoms with Crippen LogP contribution in [0.4, 0.5) is 5.69 Å². The van der Waals surface area contributed by atoms with Crippen LogP contribution in [0.15, 0.2) is 52.1 Å². The predicted octanol–water partition coefficient (Wildman–Crippen LogP) is 4.60. The van der Waals surface area contributed by atoms with Crippen molar-refractivity contribution in [3.63, 3.8) is 0 Å². The van der Waals surface area contributed by atoms with Crippen molar-refractivity contribution >= 4 is 44.9 Å². The van der Waals surface area contributed by atoms with Crippen molar-refractivity contribution in [3.8, 4) is 11.5 Å². The molecule has 0 aromatic heterocycles. The summed E-state index contributed by atoms with van der Waals surface area (Å²) in [7, 11) is 1.58. The largest absolute Gasteiger partial charge is 0.493 e. The minimum absolute atomic E-state index is 0.215. The Morgan fingerprint density at radius 2 is 1.93 bits per heavy atom. The minimum Gasteiger partial charge on any atom is -0.493 e. The Labute approximate surface area is 190 Å². The quantitative estimate of drug-likeness (QED) is 0.515. The van der Waals surface area contributed by atoms with Gasteiger partial charge in [0.05, 0.1) is 29.8 Å². The Morgan fingerprint density at radius 1 is 1.23 bits per heavy atom. The fourth-order valence-electron chi connectivity index (χ4n) is 3.27. The molecule has 0 saturated carbocycles. The van der Waals surface area contributed by atoms with Crippen molar-refractivity contribution in [2.24, 2.45) is 0 Å². The molecule has 0 aliphatic carbocycles. The van der Waals surface area contributed by atoms with E-state index in [0.29, 0.717) is 34.5 Å². The molecular formula is C22H24BrN3O3S. The van der Waals surface area contributed by atoms with Crippen molar-refractivity contribution in [2.45, 2.75) is 26.8 Å². The number of thiocarbonyl (C=S) groups is 1. The molecule has 0 spiro atoms. The monoisotopic (exact) mass is 489 g/mol. The SMILES string of the molecule is CCOc1c(Br)cc([C@H]2NC(=S)NC(C)=C2C(=O)Nc2ccc(C)cc2)cc1OC. The van der Waals surface area contributed by atoms with Crippen molar-refractivity contribution in [1.29, 1.82) is 0 Å². The van der Waals surface area contributed by atoms with Crippen LogP contribution in [-0.4, -0.2) is 24.7 Å². The molecule has 6 nitrogen and oxygen atoms in total. The number of anilines is 1. The molecule has 1 aliphatic rings. The van der Waals surface area contributed by atoms with Gasteiger partial charge in [0.25, 0.3) is 5.91 Å². The first-order valence-corrected chi connectivity index (χ1v) is 10.7. The van der Waals surface area contributed by atoms with Gasteiger partial charge >= 0.3 is 0 Å². The summed E-state index contributed by atoms with van der Waals surface area (Å²) < 4.78 is 11.9. The Morgan fingerprint density at radius 3 is 2.57 bits per heavy atom. The minimum atomic E-state index is -0.454. The topological polar surface area (TPSA) is 71.6 Å². The molecule has 1 atom stereocenters. The van der Waals surface area contributed by atoms with Crippen LogP contribution in [0.2, 0.25) is 0 Å². The number of amides is 1. The van der Waals surface area contributed by atoms with Crippen molar-refractivity contribution in [1.82, 2.24) is 10.6 Å². The molecule has 2 aromatic rings.